The molecule has 0 aromatic heterocycles. The second-order valence-corrected chi connectivity index (χ2v) is 7.30. The van der Waals surface area contributed by atoms with E-state index in [0.717, 1.165) is 38.5 Å². The lowest BCUT2D eigenvalue weighted by Crippen LogP contribution is -2.36. The Bertz CT molecular complexity index is 398. The van der Waals surface area contributed by atoms with Crippen LogP contribution in [0.1, 0.15) is 77.6 Å². The molecule has 1 N–H and O–H groups in total. The molecular weight excluding hydrogens is 304 g/mol. The van der Waals surface area contributed by atoms with E-state index in [9.17, 15) is 9.90 Å². The molecule has 1 spiro atoms. The molecule has 1 aliphatic heterocycles. The molecular formula is C20H34O4. The minimum Gasteiger partial charge on any atom is -0.385 e. The highest BCUT2D eigenvalue weighted by molar-refractivity contribution is 5.93. The fraction of sp³-hybridized carbons (Fsp3) is 0.850. The summed E-state index contributed by atoms with van der Waals surface area (Å²) in [7, 11) is 0. The largest absolute Gasteiger partial charge is 0.385 e. The zero-order chi connectivity index (χ0) is 17.3. The lowest BCUT2D eigenvalue weighted by atomic mass is 9.84. The van der Waals surface area contributed by atoms with Crippen LogP contribution in [0.15, 0.2) is 12.2 Å². The van der Waals surface area contributed by atoms with E-state index in [2.05, 4.69) is 6.92 Å². The Balaban J connectivity index is 1.66. The number of rotatable bonds is 10. The van der Waals surface area contributed by atoms with Gasteiger partial charge in [0.15, 0.2) is 11.6 Å². The van der Waals surface area contributed by atoms with Crippen LogP contribution in [0.4, 0.5) is 0 Å². The van der Waals surface area contributed by atoms with Crippen molar-refractivity contribution in [1.82, 2.24) is 0 Å². The molecule has 138 valence electrons. The van der Waals surface area contributed by atoms with Crippen molar-refractivity contribution in [1.29, 1.82) is 0 Å². The second-order valence-electron chi connectivity index (χ2n) is 7.30. The van der Waals surface area contributed by atoms with E-state index in [0.29, 0.717) is 25.6 Å². The van der Waals surface area contributed by atoms with Gasteiger partial charge < -0.3 is 14.6 Å². The average Bonchev–Trinajstić information content (AvgIpc) is 3.03. The Labute approximate surface area is 146 Å². The molecule has 1 heterocycles. The molecule has 4 heteroatoms. The van der Waals surface area contributed by atoms with Gasteiger partial charge >= 0.3 is 0 Å². The molecule has 24 heavy (non-hydrogen) atoms. The number of hydrogen-bond acceptors (Lipinski definition) is 4. The molecule has 1 aliphatic carbocycles. The van der Waals surface area contributed by atoms with Gasteiger partial charge in [-0.15, -0.1) is 0 Å². The zero-order valence-electron chi connectivity index (χ0n) is 15.2. The molecule has 2 atom stereocenters. The molecule has 1 saturated carbocycles. The van der Waals surface area contributed by atoms with Gasteiger partial charge in [0.2, 0.25) is 0 Å². The van der Waals surface area contributed by atoms with Crippen molar-refractivity contribution in [2.75, 3.05) is 13.2 Å². The molecule has 0 aromatic rings. The van der Waals surface area contributed by atoms with Crippen molar-refractivity contribution >= 4 is 5.78 Å². The second kappa shape index (κ2) is 10.3. The quantitative estimate of drug-likeness (QED) is 0.480. The van der Waals surface area contributed by atoms with Crippen LogP contribution in [0, 0.1) is 5.92 Å². The maximum Gasteiger partial charge on any atom is 0.183 e. The number of ketones is 1. The van der Waals surface area contributed by atoms with Crippen LogP contribution >= 0.6 is 0 Å². The molecule has 0 unspecified atom stereocenters. The number of ether oxygens (including phenoxy) is 2. The van der Waals surface area contributed by atoms with E-state index >= 15 is 0 Å². The summed E-state index contributed by atoms with van der Waals surface area (Å²) in [5.41, 5.74) is 0. The zero-order valence-corrected chi connectivity index (χ0v) is 15.2. The number of carbonyl (C=O) groups excluding carboxylic acids is 1. The summed E-state index contributed by atoms with van der Waals surface area (Å²) < 4.78 is 11.5. The summed E-state index contributed by atoms with van der Waals surface area (Å²) in [5.74, 6) is -0.258. The molecule has 4 nitrogen and oxygen atoms in total. The van der Waals surface area contributed by atoms with Gasteiger partial charge in [-0.3, -0.25) is 4.79 Å². The van der Waals surface area contributed by atoms with Crippen molar-refractivity contribution in [2.24, 2.45) is 5.92 Å². The monoisotopic (exact) mass is 338 g/mol. The van der Waals surface area contributed by atoms with Crippen molar-refractivity contribution < 1.29 is 19.4 Å². The fourth-order valence-electron chi connectivity index (χ4n) is 3.76. The summed E-state index contributed by atoms with van der Waals surface area (Å²) in [6.07, 6.45) is 14.2. The molecule has 0 aromatic carbocycles. The SMILES string of the molecule is CCCCCCCC[C@H](O)C(=O)/C=C/[C@H]1CCCC2(C1)OCCO2. The highest BCUT2D eigenvalue weighted by Gasteiger charge is 2.40. The highest BCUT2D eigenvalue weighted by atomic mass is 16.7. The first-order chi connectivity index (χ1) is 11.7. The Hall–Kier alpha value is -0.710. The third-order valence-corrected chi connectivity index (χ3v) is 5.21. The summed E-state index contributed by atoms with van der Waals surface area (Å²) >= 11 is 0. The molecule has 2 rings (SSSR count). The van der Waals surface area contributed by atoms with Gasteiger partial charge in [-0.1, -0.05) is 51.5 Å². The Kier molecular flexibility index (Phi) is 8.43. The van der Waals surface area contributed by atoms with Crippen LogP contribution in [0.2, 0.25) is 0 Å². The smallest absolute Gasteiger partial charge is 0.183 e. The highest BCUT2D eigenvalue weighted by Crippen LogP contribution is 2.39. The Morgan fingerprint density at radius 3 is 2.67 bits per heavy atom. The number of carbonyl (C=O) groups is 1. The van der Waals surface area contributed by atoms with Crippen LogP contribution in [0.5, 0.6) is 0 Å². The molecule has 0 amide bonds. The van der Waals surface area contributed by atoms with Gasteiger partial charge in [0.1, 0.15) is 6.10 Å². The predicted octanol–water partition coefficient (Wildman–Crippen LogP) is 4.16. The van der Waals surface area contributed by atoms with Gasteiger partial charge in [0.25, 0.3) is 0 Å². The van der Waals surface area contributed by atoms with Gasteiger partial charge in [-0.2, -0.15) is 0 Å². The van der Waals surface area contributed by atoms with Gasteiger partial charge in [0.05, 0.1) is 13.2 Å². The summed E-state index contributed by atoms with van der Waals surface area (Å²) in [4.78, 5) is 12.1. The molecule has 1 saturated heterocycles. The number of unbranched alkanes of at least 4 members (excludes halogenated alkanes) is 5. The van der Waals surface area contributed by atoms with E-state index in [1.54, 1.807) is 6.08 Å². The maximum atomic E-state index is 12.1. The van der Waals surface area contributed by atoms with Crippen LogP contribution in [-0.2, 0) is 14.3 Å². The van der Waals surface area contributed by atoms with Gasteiger partial charge in [-0.05, 0) is 31.3 Å². The van der Waals surface area contributed by atoms with Crippen molar-refractivity contribution in [3.63, 3.8) is 0 Å². The van der Waals surface area contributed by atoms with Crippen LogP contribution in [0.25, 0.3) is 0 Å². The minimum absolute atomic E-state index is 0.156. The van der Waals surface area contributed by atoms with E-state index in [1.165, 1.54) is 25.7 Å². The van der Waals surface area contributed by atoms with Crippen LogP contribution < -0.4 is 0 Å². The molecule has 2 aliphatic rings. The summed E-state index contributed by atoms with van der Waals surface area (Å²) in [5, 5.41) is 10.0. The third kappa shape index (κ3) is 6.30. The number of aliphatic hydroxyl groups excluding tert-OH is 1. The first-order valence-electron chi connectivity index (χ1n) is 9.83. The first-order valence-corrected chi connectivity index (χ1v) is 9.83. The predicted molar refractivity (Wildman–Crippen MR) is 94.7 cm³/mol. The van der Waals surface area contributed by atoms with E-state index in [1.807, 2.05) is 6.08 Å². The van der Waals surface area contributed by atoms with Crippen molar-refractivity contribution in [2.45, 2.75) is 89.4 Å². The van der Waals surface area contributed by atoms with E-state index in [4.69, 9.17) is 9.47 Å². The average molecular weight is 338 g/mol. The van der Waals surface area contributed by atoms with Gasteiger partial charge in [-0.25, -0.2) is 0 Å². The lowest BCUT2D eigenvalue weighted by Gasteiger charge is -2.35. The topological polar surface area (TPSA) is 55.8 Å². The van der Waals surface area contributed by atoms with E-state index in [-0.39, 0.29) is 5.78 Å². The Morgan fingerprint density at radius 2 is 1.92 bits per heavy atom. The third-order valence-electron chi connectivity index (χ3n) is 5.21. The number of hydrogen-bond donors (Lipinski definition) is 1. The molecule has 2 fully saturated rings. The number of aliphatic hydroxyl groups is 1. The maximum absolute atomic E-state index is 12.1. The standard InChI is InChI=1S/C20H34O4/c1-2-3-4-5-6-7-10-18(21)19(22)12-11-17-9-8-13-20(16-17)23-14-15-24-20/h11-12,17-18,21H,2-10,13-16H2,1H3/b12-11+/t17-,18+/m1/s1. The van der Waals surface area contributed by atoms with Crippen molar-refractivity contribution in [3.8, 4) is 0 Å². The first kappa shape index (κ1) is 19.6. The Morgan fingerprint density at radius 1 is 1.21 bits per heavy atom. The summed E-state index contributed by atoms with van der Waals surface area (Å²) in [6, 6.07) is 0. The lowest BCUT2D eigenvalue weighted by molar-refractivity contribution is -0.183. The van der Waals surface area contributed by atoms with E-state index < -0.39 is 11.9 Å². The van der Waals surface area contributed by atoms with Crippen LogP contribution in [0.3, 0.4) is 0 Å². The molecule has 0 bridgehead atoms. The van der Waals surface area contributed by atoms with Crippen LogP contribution in [-0.4, -0.2) is 36.0 Å². The minimum atomic E-state index is -0.844. The van der Waals surface area contributed by atoms with Gasteiger partial charge in [0, 0.05) is 12.8 Å². The fourth-order valence-corrected chi connectivity index (χ4v) is 3.76. The number of allylic oxidation sites excluding steroid dienone is 1. The van der Waals surface area contributed by atoms with Crippen molar-refractivity contribution in [3.05, 3.63) is 12.2 Å². The molecule has 0 radical (unpaired) electrons. The normalized spacial score (nSPS) is 24.7. The summed E-state index contributed by atoms with van der Waals surface area (Å²) in [6.45, 7) is 3.55.